The molecule has 17 heavy (non-hydrogen) atoms. The molecule has 0 aliphatic carbocycles. The summed E-state index contributed by atoms with van der Waals surface area (Å²) in [7, 11) is 1.66. The van der Waals surface area contributed by atoms with Crippen molar-refractivity contribution >= 4 is 5.91 Å². The summed E-state index contributed by atoms with van der Waals surface area (Å²) >= 11 is 0. The molecule has 4 heteroatoms. The lowest BCUT2D eigenvalue weighted by Gasteiger charge is -2.28. The number of rotatable bonds is 9. The number of ether oxygens (including phenoxy) is 1. The van der Waals surface area contributed by atoms with Gasteiger partial charge in [0.2, 0.25) is 5.91 Å². The SMILES string of the molecule is CCCC(CN)C(=O)N(CCOC)CC(C)C. The molecular weight excluding hydrogens is 216 g/mol. The van der Waals surface area contributed by atoms with Gasteiger partial charge in [-0.1, -0.05) is 27.2 Å². The molecule has 0 saturated heterocycles. The Bertz CT molecular complexity index is 208. The minimum absolute atomic E-state index is 0.0318. The highest BCUT2D eigenvalue weighted by atomic mass is 16.5. The lowest BCUT2D eigenvalue weighted by Crippen LogP contribution is -2.42. The van der Waals surface area contributed by atoms with Crippen LogP contribution in [0.2, 0.25) is 0 Å². The summed E-state index contributed by atoms with van der Waals surface area (Å²) in [4.78, 5) is 14.2. The summed E-state index contributed by atoms with van der Waals surface area (Å²) in [5, 5.41) is 0. The van der Waals surface area contributed by atoms with Crippen LogP contribution in [-0.2, 0) is 9.53 Å². The third kappa shape index (κ3) is 6.64. The Morgan fingerprint density at radius 2 is 2.06 bits per heavy atom. The molecule has 0 heterocycles. The molecule has 0 saturated carbocycles. The first kappa shape index (κ1) is 16.4. The fraction of sp³-hybridized carbons (Fsp3) is 0.923. The summed E-state index contributed by atoms with van der Waals surface area (Å²) in [5.74, 6) is 0.617. The molecule has 1 unspecified atom stereocenters. The number of methoxy groups -OCH3 is 1. The van der Waals surface area contributed by atoms with Gasteiger partial charge in [0.1, 0.15) is 0 Å². The van der Waals surface area contributed by atoms with Crippen LogP contribution in [0.15, 0.2) is 0 Å². The highest BCUT2D eigenvalue weighted by molar-refractivity contribution is 5.79. The molecule has 1 amide bonds. The second-order valence-electron chi connectivity index (χ2n) is 4.89. The maximum atomic E-state index is 12.3. The largest absolute Gasteiger partial charge is 0.383 e. The van der Waals surface area contributed by atoms with E-state index in [0.29, 0.717) is 25.6 Å². The van der Waals surface area contributed by atoms with Gasteiger partial charge < -0.3 is 15.4 Å². The normalized spacial score (nSPS) is 12.8. The smallest absolute Gasteiger partial charge is 0.227 e. The molecule has 0 radical (unpaired) electrons. The Hall–Kier alpha value is -0.610. The van der Waals surface area contributed by atoms with Gasteiger partial charge in [0, 0.05) is 26.7 Å². The average Bonchev–Trinajstić information content (AvgIpc) is 2.30. The number of nitrogens with two attached hydrogens (primary N) is 1. The van der Waals surface area contributed by atoms with Crippen molar-refractivity contribution < 1.29 is 9.53 Å². The Morgan fingerprint density at radius 3 is 2.47 bits per heavy atom. The first-order valence-corrected chi connectivity index (χ1v) is 6.54. The average molecular weight is 244 g/mol. The summed E-state index contributed by atoms with van der Waals surface area (Å²) in [6.45, 7) is 8.78. The fourth-order valence-electron chi connectivity index (χ4n) is 1.88. The number of carbonyl (C=O) groups excluding carboxylic acids is 1. The van der Waals surface area contributed by atoms with E-state index in [9.17, 15) is 4.79 Å². The molecule has 0 spiro atoms. The van der Waals surface area contributed by atoms with E-state index >= 15 is 0 Å². The highest BCUT2D eigenvalue weighted by Crippen LogP contribution is 2.11. The standard InChI is InChI=1S/C13H28N2O2/c1-5-6-12(9-14)13(16)15(7-8-17-4)10-11(2)3/h11-12H,5-10,14H2,1-4H3. The van der Waals surface area contributed by atoms with E-state index in [-0.39, 0.29) is 11.8 Å². The van der Waals surface area contributed by atoms with Gasteiger partial charge in [0.15, 0.2) is 0 Å². The highest BCUT2D eigenvalue weighted by Gasteiger charge is 2.22. The monoisotopic (exact) mass is 244 g/mol. The Labute approximate surface area is 105 Å². The van der Waals surface area contributed by atoms with Crippen molar-refractivity contribution in [3.8, 4) is 0 Å². The van der Waals surface area contributed by atoms with Gasteiger partial charge in [-0.3, -0.25) is 4.79 Å². The maximum absolute atomic E-state index is 12.3. The van der Waals surface area contributed by atoms with E-state index in [2.05, 4.69) is 20.8 Å². The van der Waals surface area contributed by atoms with Crippen LogP contribution in [0.4, 0.5) is 0 Å². The zero-order valence-corrected chi connectivity index (χ0v) is 11.7. The molecular formula is C13H28N2O2. The maximum Gasteiger partial charge on any atom is 0.227 e. The predicted molar refractivity (Wildman–Crippen MR) is 70.7 cm³/mol. The molecule has 0 aromatic heterocycles. The number of carbonyl (C=O) groups is 1. The van der Waals surface area contributed by atoms with Crippen LogP contribution in [0.3, 0.4) is 0 Å². The van der Waals surface area contributed by atoms with Crippen LogP contribution in [0.5, 0.6) is 0 Å². The number of nitrogens with zero attached hydrogens (tertiary/aromatic N) is 1. The molecule has 0 aliphatic heterocycles. The van der Waals surface area contributed by atoms with E-state index in [1.165, 1.54) is 0 Å². The molecule has 0 fully saturated rings. The first-order valence-electron chi connectivity index (χ1n) is 6.54. The Balaban J connectivity index is 4.46. The van der Waals surface area contributed by atoms with Gasteiger partial charge in [-0.25, -0.2) is 0 Å². The van der Waals surface area contributed by atoms with Crippen LogP contribution < -0.4 is 5.73 Å². The Morgan fingerprint density at radius 1 is 1.41 bits per heavy atom. The minimum atomic E-state index is -0.0318. The molecule has 0 aliphatic rings. The molecule has 2 N–H and O–H groups in total. The van der Waals surface area contributed by atoms with Crippen molar-refractivity contribution in [2.75, 3.05) is 33.4 Å². The molecule has 1 atom stereocenters. The summed E-state index contributed by atoms with van der Waals surface area (Å²) in [5.41, 5.74) is 5.68. The van der Waals surface area contributed by atoms with Crippen LogP contribution in [0.25, 0.3) is 0 Å². The van der Waals surface area contributed by atoms with Gasteiger partial charge in [-0.05, 0) is 12.3 Å². The summed E-state index contributed by atoms with van der Waals surface area (Å²) < 4.78 is 5.05. The van der Waals surface area contributed by atoms with Gasteiger partial charge in [-0.2, -0.15) is 0 Å². The number of hydrogen-bond acceptors (Lipinski definition) is 3. The minimum Gasteiger partial charge on any atom is -0.383 e. The molecule has 0 bridgehead atoms. The van der Waals surface area contributed by atoms with E-state index in [1.54, 1.807) is 7.11 Å². The first-order chi connectivity index (χ1) is 8.06. The van der Waals surface area contributed by atoms with E-state index in [0.717, 1.165) is 19.4 Å². The molecule has 102 valence electrons. The summed E-state index contributed by atoms with van der Waals surface area (Å²) in [6, 6.07) is 0. The second-order valence-corrected chi connectivity index (χ2v) is 4.89. The van der Waals surface area contributed by atoms with Crippen LogP contribution in [0.1, 0.15) is 33.6 Å². The lowest BCUT2D eigenvalue weighted by molar-refractivity contribution is -0.136. The van der Waals surface area contributed by atoms with Crippen LogP contribution in [-0.4, -0.2) is 44.2 Å². The molecule has 0 aromatic rings. The third-order valence-electron chi connectivity index (χ3n) is 2.73. The number of amides is 1. The van der Waals surface area contributed by atoms with Crippen molar-refractivity contribution in [2.24, 2.45) is 17.6 Å². The molecule has 0 aromatic carbocycles. The quantitative estimate of drug-likeness (QED) is 0.668. The zero-order valence-electron chi connectivity index (χ0n) is 11.7. The van der Waals surface area contributed by atoms with Crippen molar-refractivity contribution in [3.05, 3.63) is 0 Å². The number of hydrogen-bond donors (Lipinski definition) is 1. The van der Waals surface area contributed by atoms with Crippen LogP contribution in [0, 0.1) is 11.8 Å². The van der Waals surface area contributed by atoms with E-state index in [4.69, 9.17) is 10.5 Å². The fourth-order valence-corrected chi connectivity index (χ4v) is 1.88. The van der Waals surface area contributed by atoms with Crippen molar-refractivity contribution in [1.29, 1.82) is 0 Å². The van der Waals surface area contributed by atoms with Crippen molar-refractivity contribution in [1.82, 2.24) is 4.90 Å². The third-order valence-corrected chi connectivity index (χ3v) is 2.73. The second kappa shape index (κ2) is 9.42. The van der Waals surface area contributed by atoms with Gasteiger partial charge in [-0.15, -0.1) is 0 Å². The lowest BCUT2D eigenvalue weighted by atomic mass is 10.0. The zero-order chi connectivity index (χ0) is 13.3. The van der Waals surface area contributed by atoms with Crippen molar-refractivity contribution in [3.63, 3.8) is 0 Å². The van der Waals surface area contributed by atoms with E-state index < -0.39 is 0 Å². The van der Waals surface area contributed by atoms with Gasteiger partial charge in [0.05, 0.1) is 12.5 Å². The van der Waals surface area contributed by atoms with Gasteiger partial charge in [0.25, 0.3) is 0 Å². The summed E-state index contributed by atoms with van der Waals surface area (Å²) in [6.07, 6.45) is 1.87. The van der Waals surface area contributed by atoms with Crippen LogP contribution >= 0.6 is 0 Å². The van der Waals surface area contributed by atoms with Gasteiger partial charge >= 0.3 is 0 Å². The van der Waals surface area contributed by atoms with Crippen molar-refractivity contribution in [2.45, 2.75) is 33.6 Å². The van der Waals surface area contributed by atoms with E-state index in [1.807, 2.05) is 4.90 Å². The Kier molecular flexibility index (Phi) is 9.09. The predicted octanol–water partition coefficient (Wildman–Crippen LogP) is 1.49. The molecule has 4 nitrogen and oxygen atoms in total. The molecule has 0 rings (SSSR count). The topological polar surface area (TPSA) is 55.6 Å².